The summed E-state index contributed by atoms with van der Waals surface area (Å²) in [5, 5.41) is 0.394. The van der Waals surface area contributed by atoms with Crippen LogP contribution >= 0.6 is 35.1 Å². The lowest BCUT2D eigenvalue weighted by Gasteiger charge is -2.12. The van der Waals surface area contributed by atoms with Crippen molar-refractivity contribution in [2.24, 2.45) is 0 Å². The summed E-state index contributed by atoms with van der Waals surface area (Å²) >= 11 is 8.85. The van der Waals surface area contributed by atoms with E-state index in [9.17, 15) is 8.42 Å². The van der Waals surface area contributed by atoms with Crippen LogP contribution in [0.3, 0.4) is 0 Å². The standard InChI is InChI=1S/C14H14ClNO2S3/c1-19-12-5-3-4-11(9-12)16-21(17,18)14-8-10(15)6-7-13(14)20-2/h3-9,16H,1-2H3. The van der Waals surface area contributed by atoms with Crippen LogP contribution in [0, 0.1) is 0 Å². The second-order valence-corrected chi connectivity index (χ2v) is 7.95. The molecule has 0 aliphatic carbocycles. The van der Waals surface area contributed by atoms with Gasteiger partial charge >= 0.3 is 0 Å². The molecular weight excluding hydrogens is 346 g/mol. The van der Waals surface area contributed by atoms with Crippen LogP contribution < -0.4 is 4.72 Å². The Morgan fingerprint density at radius 3 is 2.48 bits per heavy atom. The second-order valence-electron chi connectivity index (χ2n) is 4.13. The predicted molar refractivity (Wildman–Crippen MR) is 92.3 cm³/mol. The minimum absolute atomic E-state index is 0.192. The van der Waals surface area contributed by atoms with Crippen molar-refractivity contribution in [2.75, 3.05) is 17.2 Å². The minimum atomic E-state index is -3.67. The highest BCUT2D eigenvalue weighted by molar-refractivity contribution is 8.00. The Labute approximate surface area is 138 Å². The van der Waals surface area contributed by atoms with E-state index in [0.717, 1.165) is 4.90 Å². The van der Waals surface area contributed by atoms with Crippen molar-refractivity contribution in [3.8, 4) is 0 Å². The number of hydrogen-bond acceptors (Lipinski definition) is 4. The highest BCUT2D eigenvalue weighted by atomic mass is 35.5. The molecule has 112 valence electrons. The van der Waals surface area contributed by atoms with Crippen molar-refractivity contribution < 1.29 is 8.42 Å². The van der Waals surface area contributed by atoms with Crippen LogP contribution in [0.25, 0.3) is 0 Å². The fraction of sp³-hybridized carbons (Fsp3) is 0.143. The maximum Gasteiger partial charge on any atom is 0.263 e. The molecule has 0 heterocycles. The highest BCUT2D eigenvalue weighted by Crippen LogP contribution is 2.29. The molecule has 0 saturated carbocycles. The van der Waals surface area contributed by atoms with Crippen LogP contribution in [0.2, 0.25) is 5.02 Å². The number of sulfonamides is 1. The zero-order chi connectivity index (χ0) is 15.5. The lowest BCUT2D eigenvalue weighted by atomic mass is 10.3. The average molecular weight is 360 g/mol. The molecule has 21 heavy (non-hydrogen) atoms. The Hall–Kier alpha value is -0.820. The average Bonchev–Trinajstić information content (AvgIpc) is 2.47. The summed E-state index contributed by atoms with van der Waals surface area (Å²) in [5.74, 6) is 0. The number of nitrogens with one attached hydrogen (secondary N) is 1. The van der Waals surface area contributed by atoms with Crippen LogP contribution in [0.1, 0.15) is 0 Å². The Morgan fingerprint density at radius 1 is 1.05 bits per heavy atom. The van der Waals surface area contributed by atoms with Gasteiger partial charge in [-0.15, -0.1) is 23.5 Å². The van der Waals surface area contributed by atoms with Gasteiger partial charge in [0.15, 0.2) is 0 Å². The van der Waals surface area contributed by atoms with Crippen molar-refractivity contribution in [2.45, 2.75) is 14.7 Å². The highest BCUT2D eigenvalue weighted by Gasteiger charge is 2.19. The molecule has 0 unspecified atom stereocenters. The Morgan fingerprint density at radius 2 is 1.81 bits per heavy atom. The second kappa shape index (κ2) is 6.96. The fourth-order valence-electron chi connectivity index (χ4n) is 1.76. The van der Waals surface area contributed by atoms with Gasteiger partial charge in [-0.1, -0.05) is 17.7 Å². The largest absolute Gasteiger partial charge is 0.280 e. The van der Waals surface area contributed by atoms with Gasteiger partial charge in [-0.05, 0) is 48.9 Å². The van der Waals surface area contributed by atoms with Crippen molar-refractivity contribution in [1.29, 1.82) is 0 Å². The van der Waals surface area contributed by atoms with Gasteiger partial charge in [-0.2, -0.15) is 0 Å². The Bertz CT molecular complexity index is 748. The number of thioether (sulfide) groups is 2. The van der Waals surface area contributed by atoms with Gasteiger partial charge in [-0.25, -0.2) is 8.42 Å². The lowest BCUT2D eigenvalue weighted by Crippen LogP contribution is -2.14. The van der Waals surface area contributed by atoms with Crippen molar-refractivity contribution in [3.05, 3.63) is 47.5 Å². The fourth-order valence-corrected chi connectivity index (χ4v) is 4.66. The normalized spacial score (nSPS) is 11.4. The molecule has 0 fully saturated rings. The third-order valence-corrected chi connectivity index (χ3v) is 6.04. The zero-order valence-corrected chi connectivity index (χ0v) is 14.7. The van der Waals surface area contributed by atoms with Gasteiger partial charge in [0.1, 0.15) is 4.90 Å². The number of halogens is 1. The lowest BCUT2D eigenvalue weighted by molar-refractivity contribution is 0.599. The topological polar surface area (TPSA) is 46.2 Å². The number of rotatable bonds is 5. The van der Waals surface area contributed by atoms with Crippen LogP contribution in [0.15, 0.2) is 57.2 Å². The molecule has 0 bridgehead atoms. The smallest absolute Gasteiger partial charge is 0.263 e. The maximum atomic E-state index is 12.5. The SMILES string of the molecule is CSc1cccc(NS(=O)(=O)c2cc(Cl)ccc2SC)c1. The van der Waals surface area contributed by atoms with E-state index in [-0.39, 0.29) is 4.90 Å². The summed E-state index contributed by atoms with van der Waals surface area (Å²) in [4.78, 5) is 1.84. The van der Waals surface area contributed by atoms with Crippen LogP contribution in [0.5, 0.6) is 0 Å². The predicted octanol–water partition coefficient (Wildman–Crippen LogP) is 4.58. The maximum absolute atomic E-state index is 12.5. The molecule has 0 saturated heterocycles. The van der Waals surface area contributed by atoms with Gasteiger partial charge < -0.3 is 0 Å². The van der Waals surface area contributed by atoms with Crippen molar-refractivity contribution in [1.82, 2.24) is 0 Å². The Kier molecular flexibility index (Phi) is 5.48. The van der Waals surface area contributed by atoms with Crippen LogP contribution in [-0.2, 0) is 10.0 Å². The molecule has 2 rings (SSSR count). The summed E-state index contributed by atoms with van der Waals surface area (Å²) in [6.07, 6.45) is 3.77. The third kappa shape index (κ3) is 4.10. The van der Waals surface area contributed by atoms with E-state index in [2.05, 4.69) is 4.72 Å². The van der Waals surface area contributed by atoms with Gasteiger partial charge in [0.05, 0.1) is 0 Å². The summed E-state index contributed by atoms with van der Waals surface area (Å²) in [6.45, 7) is 0. The molecule has 2 aromatic rings. The molecule has 0 spiro atoms. The zero-order valence-electron chi connectivity index (χ0n) is 11.5. The summed E-state index contributed by atoms with van der Waals surface area (Å²) < 4.78 is 27.7. The molecule has 0 aromatic heterocycles. The molecule has 2 aromatic carbocycles. The monoisotopic (exact) mass is 359 g/mol. The quantitative estimate of drug-likeness (QED) is 0.793. The first-order chi connectivity index (χ1) is 9.96. The van der Waals surface area contributed by atoms with Crippen molar-refractivity contribution in [3.63, 3.8) is 0 Å². The van der Waals surface area contributed by atoms with E-state index < -0.39 is 10.0 Å². The van der Waals surface area contributed by atoms with E-state index in [1.54, 1.807) is 36.0 Å². The Balaban J connectivity index is 2.40. The van der Waals surface area contributed by atoms with E-state index in [4.69, 9.17) is 11.6 Å². The van der Waals surface area contributed by atoms with Gasteiger partial charge in [-0.3, -0.25) is 4.72 Å². The third-order valence-electron chi connectivity index (χ3n) is 2.74. The molecule has 1 N–H and O–H groups in total. The molecule has 0 atom stereocenters. The molecule has 0 amide bonds. The number of anilines is 1. The van der Waals surface area contributed by atoms with E-state index >= 15 is 0 Å². The number of hydrogen-bond donors (Lipinski definition) is 1. The van der Waals surface area contributed by atoms with E-state index in [1.807, 2.05) is 24.6 Å². The number of benzene rings is 2. The molecule has 3 nitrogen and oxygen atoms in total. The van der Waals surface area contributed by atoms with E-state index in [0.29, 0.717) is 15.6 Å². The summed E-state index contributed by atoms with van der Waals surface area (Å²) in [5.41, 5.74) is 0.536. The van der Waals surface area contributed by atoms with Crippen LogP contribution in [-0.4, -0.2) is 20.9 Å². The first-order valence-electron chi connectivity index (χ1n) is 5.96. The molecule has 0 radical (unpaired) electrons. The van der Waals surface area contributed by atoms with Gasteiger partial charge in [0.2, 0.25) is 0 Å². The summed E-state index contributed by atoms with van der Waals surface area (Å²) in [7, 11) is -3.67. The van der Waals surface area contributed by atoms with Crippen LogP contribution in [0.4, 0.5) is 5.69 Å². The molecule has 7 heteroatoms. The minimum Gasteiger partial charge on any atom is -0.280 e. The van der Waals surface area contributed by atoms with Gasteiger partial charge in [0, 0.05) is 20.5 Å². The molecule has 0 aliphatic rings. The first kappa shape index (κ1) is 16.5. The molecular formula is C14H14ClNO2S3. The molecule has 0 aliphatic heterocycles. The summed E-state index contributed by atoms with van der Waals surface area (Å²) in [6, 6.07) is 12.1. The van der Waals surface area contributed by atoms with Gasteiger partial charge in [0.25, 0.3) is 10.0 Å². The van der Waals surface area contributed by atoms with E-state index in [1.165, 1.54) is 17.8 Å². The van der Waals surface area contributed by atoms with Crippen molar-refractivity contribution >= 4 is 50.8 Å². The first-order valence-corrected chi connectivity index (χ1v) is 10.3.